The first-order chi connectivity index (χ1) is 23.6. The smallest absolute Gasteiger partial charge is 0.0560 e. The van der Waals surface area contributed by atoms with Gasteiger partial charge in [-0.2, -0.15) is 0 Å². The summed E-state index contributed by atoms with van der Waals surface area (Å²) in [6.45, 7) is 4.75. The van der Waals surface area contributed by atoms with E-state index in [1.807, 2.05) is 0 Å². The van der Waals surface area contributed by atoms with E-state index in [9.17, 15) is 0 Å². The van der Waals surface area contributed by atoms with Crippen LogP contribution in [0.4, 0.5) is 11.4 Å². The Bertz CT molecular complexity index is 2400. The molecule has 9 rings (SSSR count). The molecular weight excluding hydrogens is 579 g/mol. The Labute approximate surface area is 283 Å². The molecule has 0 saturated carbocycles. The number of fused-ring (bicyclic) bond motifs is 5. The van der Waals surface area contributed by atoms with E-state index in [-0.39, 0.29) is 11.5 Å². The highest BCUT2D eigenvalue weighted by Crippen LogP contribution is 2.51. The lowest BCUT2D eigenvalue weighted by Crippen LogP contribution is -2.31. The maximum atomic E-state index is 2.61. The van der Waals surface area contributed by atoms with Crippen LogP contribution in [0.2, 0.25) is 0 Å². The standard InChI is InChI=1S/C47H37N/c1-47(2)43-22-11-10-20-40(43)41-29-28-37(31-44(41)47)48(36-26-23-33(24-27-36)32-13-4-3-5-14-32)45-30-25-35-16-7-9-19-39(35)46(45)42-21-12-17-34-15-6-8-18-38(34)42/h3-26,28-31,36H,27H2,1-2H3. The van der Waals surface area contributed by atoms with Crippen molar-refractivity contribution in [3.63, 3.8) is 0 Å². The molecule has 2 aliphatic rings. The third kappa shape index (κ3) is 4.53. The highest BCUT2D eigenvalue weighted by molar-refractivity contribution is 6.10. The Morgan fingerprint density at radius 2 is 1.23 bits per heavy atom. The summed E-state index contributed by atoms with van der Waals surface area (Å²) < 4.78 is 0. The molecular formula is C47H37N. The second-order valence-corrected chi connectivity index (χ2v) is 13.7. The lowest BCUT2D eigenvalue weighted by molar-refractivity contribution is 0.659. The predicted molar refractivity (Wildman–Crippen MR) is 205 cm³/mol. The SMILES string of the molecule is CC1(C)c2ccccc2-c2ccc(N(c3ccc4ccccc4c3-c3cccc4ccccc34)C3C=CC(c4ccccc4)=CC3)cc21. The van der Waals surface area contributed by atoms with Crippen LogP contribution in [0.1, 0.15) is 37.0 Å². The molecule has 7 aromatic rings. The van der Waals surface area contributed by atoms with Gasteiger partial charge >= 0.3 is 0 Å². The summed E-state index contributed by atoms with van der Waals surface area (Å²) in [4.78, 5) is 2.61. The van der Waals surface area contributed by atoms with E-state index in [0.29, 0.717) is 0 Å². The molecule has 1 heteroatoms. The van der Waals surface area contributed by atoms with Crippen molar-refractivity contribution in [3.8, 4) is 22.3 Å². The number of hydrogen-bond donors (Lipinski definition) is 0. The van der Waals surface area contributed by atoms with Gasteiger partial charge in [0.05, 0.1) is 11.7 Å². The van der Waals surface area contributed by atoms with Crippen molar-refractivity contribution in [1.82, 2.24) is 0 Å². The zero-order valence-corrected chi connectivity index (χ0v) is 27.4. The minimum atomic E-state index is -0.0851. The van der Waals surface area contributed by atoms with Crippen molar-refractivity contribution >= 4 is 38.5 Å². The Morgan fingerprint density at radius 3 is 2.04 bits per heavy atom. The fourth-order valence-electron chi connectivity index (χ4n) is 8.18. The molecule has 2 aliphatic carbocycles. The van der Waals surface area contributed by atoms with E-state index in [1.165, 1.54) is 77.4 Å². The minimum absolute atomic E-state index is 0.0851. The number of benzene rings is 7. The van der Waals surface area contributed by atoms with E-state index in [0.717, 1.165) is 6.42 Å². The van der Waals surface area contributed by atoms with Crippen molar-refractivity contribution in [3.05, 3.63) is 187 Å². The molecule has 0 aliphatic heterocycles. The van der Waals surface area contributed by atoms with Crippen LogP contribution in [-0.2, 0) is 5.41 Å². The van der Waals surface area contributed by atoms with Crippen molar-refractivity contribution in [1.29, 1.82) is 0 Å². The molecule has 230 valence electrons. The normalized spacial score (nSPS) is 16.0. The Kier molecular flexibility index (Phi) is 6.69. The van der Waals surface area contributed by atoms with Gasteiger partial charge in [0.25, 0.3) is 0 Å². The average Bonchev–Trinajstić information content (AvgIpc) is 3.37. The second kappa shape index (κ2) is 11.2. The van der Waals surface area contributed by atoms with E-state index in [2.05, 4.69) is 189 Å². The Morgan fingerprint density at radius 1 is 0.562 bits per heavy atom. The zero-order chi connectivity index (χ0) is 32.2. The molecule has 1 unspecified atom stereocenters. The van der Waals surface area contributed by atoms with Gasteiger partial charge in [0, 0.05) is 16.7 Å². The molecule has 1 atom stereocenters. The molecule has 1 nitrogen and oxygen atoms in total. The van der Waals surface area contributed by atoms with E-state index in [4.69, 9.17) is 0 Å². The van der Waals surface area contributed by atoms with Crippen molar-refractivity contribution in [2.24, 2.45) is 0 Å². The quantitative estimate of drug-likeness (QED) is 0.186. The highest BCUT2D eigenvalue weighted by Gasteiger charge is 2.36. The summed E-state index contributed by atoms with van der Waals surface area (Å²) in [6, 6.07) is 56.0. The molecule has 0 amide bonds. The minimum Gasteiger partial charge on any atom is -0.334 e. The third-order valence-corrected chi connectivity index (χ3v) is 10.6. The average molecular weight is 616 g/mol. The fourth-order valence-corrected chi connectivity index (χ4v) is 8.18. The van der Waals surface area contributed by atoms with Gasteiger partial charge in [-0.3, -0.25) is 0 Å². The van der Waals surface area contributed by atoms with Crippen LogP contribution in [-0.4, -0.2) is 6.04 Å². The molecule has 0 fully saturated rings. The largest absolute Gasteiger partial charge is 0.334 e. The Balaban J connectivity index is 1.28. The van der Waals surface area contributed by atoms with Gasteiger partial charge in [-0.25, -0.2) is 0 Å². The molecule has 0 aromatic heterocycles. The maximum absolute atomic E-state index is 2.61. The van der Waals surface area contributed by atoms with Gasteiger partial charge in [-0.05, 0) is 85.1 Å². The van der Waals surface area contributed by atoms with Crippen LogP contribution in [0.15, 0.2) is 170 Å². The lowest BCUT2D eigenvalue weighted by atomic mass is 9.82. The first-order valence-corrected chi connectivity index (χ1v) is 17.1. The van der Waals surface area contributed by atoms with Gasteiger partial charge in [0.1, 0.15) is 0 Å². The molecule has 7 aromatic carbocycles. The predicted octanol–water partition coefficient (Wildman–Crippen LogP) is 12.5. The summed E-state index contributed by atoms with van der Waals surface area (Å²) in [7, 11) is 0. The summed E-state index contributed by atoms with van der Waals surface area (Å²) in [5.74, 6) is 0. The van der Waals surface area contributed by atoms with Crippen LogP contribution >= 0.6 is 0 Å². The summed E-state index contributed by atoms with van der Waals surface area (Å²) in [5, 5.41) is 5.05. The van der Waals surface area contributed by atoms with Crippen LogP contribution in [0.3, 0.4) is 0 Å². The lowest BCUT2D eigenvalue weighted by Gasteiger charge is -2.36. The number of nitrogens with zero attached hydrogens (tertiary/aromatic N) is 1. The summed E-state index contributed by atoms with van der Waals surface area (Å²) in [5.41, 5.74) is 12.9. The molecule has 0 radical (unpaired) electrons. The van der Waals surface area contributed by atoms with Gasteiger partial charge in [-0.1, -0.05) is 166 Å². The Hall–Kier alpha value is -5.66. The number of anilines is 2. The van der Waals surface area contributed by atoms with Crippen LogP contribution in [0.5, 0.6) is 0 Å². The highest BCUT2D eigenvalue weighted by atomic mass is 15.2. The van der Waals surface area contributed by atoms with Gasteiger partial charge < -0.3 is 4.90 Å². The van der Waals surface area contributed by atoms with Gasteiger partial charge in [0.15, 0.2) is 0 Å². The molecule has 0 bridgehead atoms. The zero-order valence-electron chi connectivity index (χ0n) is 27.4. The number of allylic oxidation sites excluding steroid dienone is 2. The molecule has 48 heavy (non-hydrogen) atoms. The first kappa shape index (κ1) is 28.6. The van der Waals surface area contributed by atoms with Gasteiger partial charge in [0.2, 0.25) is 0 Å². The van der Waals surface area contributed by atoms with Crippen molar-refractivity contribution in [2.45, 2.75) is 31.7 Å². The van der Waals surface area contributed by atoms with E-state index >= 15 is 0 Å². The van der Waals surface area contributed by atoms with Crippen LogP contribution in [0.25, 0.3) is 49.4 Å². The first-order valence-electron chi connectivity index (χ1n) is 17.1. The number of hydrogen-bond acceptors (Lipinski definition) is 1. The van der Waals surface area contributed by atoms with Crippen molar-refractivity contribution in [2.75, 3.05) is 4.90 Å². The van der Waals surface area contributed by atoms with Crippen molar-refractivity contribution < 1.29 is 0 Å². The molecule has 0 saturated heterocycles. The topological polar surface area (TPSA) is 3.24 Å². The number of rotatable bonds is 5. The van der Waals surface area contributed by atoms with E-state index in [1.54, 1.807) is 0 Å². The van der Waals surface area contributed by atoms with Crippen LogP contribution < -0.4 is 4.90 Å². The molecule has 0 spiro atoms. The second-order valence-electron chi connectivity index (χ2n) is 13.7. The summed E-state index contributed by atoms with van der Waals surface area (Å²) >= 11 is 0. The molecule has 0 N–H and O–H groups in total. The third-order valence-electron chi connectivity index (χ3n) is 10.6. The summed E-state index contributed by atoms with van der Waals surface area (Å²) in [6.07, 6.45) is 8.06. The van der Waals surface area contributed by atoms with E-state index < -0.39 is 0 Å². The maximum Gasteiger partial charge on any atom is 0.0560 e. The molecule has 0 heterocycles. The monoisotopic (exact) mass is 615 g/mol. The van der Waals surface area contributed by atoms with Gasteiger partial charge in [-0.15, -0.1) is 0 Å². The van der Waals surface area contributed by atoms with Crippen LogP contribution in [0, 0.1) is 0 Å². The fraction of sp³-hybridized carbons (Fsp3) is 0.106.